The second kappa shape index (κ2) is 3.37. The Bertz CT molecular complexity index is 329. The largest absolute Gasteiger partial charge is 0.361 e. The SMILES string of the molecule is CN(C)c1cnc(C#N)c(Cl)n1. The first-order valence-electron chi connectivity index (χ1n) is 3.25. The standard InChI is InChI=1S/C7H7ClN4/c1-12(2)6-4-10-5(3-9)7(8)11-6/h4H,1-2H3. The molecule has 0 atom stereocenters. The van der Waals surface area contributed by atoms with Gasteiger partial charge in [0.25, 0.3) is 0 Å². The van der Waals surface area contributed by atoms with Gasteiger partial charge in [-0.2, -0.15) is 5.26 Å². The van der Waals surface area contributed by atoms with Gasteiger partial charge >= 0.3 is 0 Å². The van der Waals surface area contributed by atoms with Crippen LogP contribution in [0.25, 0.3) is 0 Å². The van der Waals surface area contributed by atoms with Gasteiger partial charge in [-0.25, -0.2) is 9.97 Å². The molecular weight excluding hydrogens is 176 g/mol. The van der Waals surface area contributed by atoms with E-state index in [9.17, 15) is 0 Å². The number of halogens is 1. The summed E-state index contributed by atoms with van der Waals surface area (Å²) in [5.74, 6) is 0.638. The Hall–Kier alpha value is -1.34. The molecule has 0 aromatic carbocycles. The Morgan fingerprint density at radius 2 is 2.25 bits per heavy atom. The van der Waals surface area contributed by atoms with Gasteiger partial charge in [-0.3, -0.25) is 0 Å². The number of hydrogen-bond donors (Lipinski definition) is 0. The average molecular weight is 183 g/mol. The van der Waals surface area contributed by atoms with Crippen LogP contribution in [0.3, 0.4) is 0 Å². The van der Waals surface area contributed by atoms with Crippen LogP contribution in [-0.4, -0.2) is 24.1 Å². The van der Waals surface area contributed by atoms with E-state index in [2.05, 4.69) is 9.97 Å². The third-order valence-electron chi connectivity index (χ3n) is 1.28. The lowest BCUT2D eigenvalue weighted by molar-refractivity contribution is 1.03. The van der Waals surface area contributed by atoms with Crippen molar-refractivity contribution in [2.24, 2.45) is 0 Å². The van der Waals surface area contributed by atoms with Gasteiger partial charge in [-0.05, 0) is 0 Å². The first kappa shape index (κ1) is 8.75. The molecule has 0 bridgehead atoms. The second-order valence-electron chi connectivity index (χ2n) is 2.37. The number of aromatic nitrogens is 2. The molecular formula is C7H7ClN4. The van der Waals surface area contributed by atoms with Crippen molar-refractivity contribution >= 4 is 17.4 Å². The average Bonchev–Trinajstić information content (AvgIpc) is 2.04. The topological polar surface area (TPSA) is 52.8 Å². The molecule has 1 rings (SSSR count). The fraction of sp³-hybridized carbons (Fsp3) is 0.286. The summed E-state index contributed by atoms with van der Waals surface area (Å²) in [6, 6.07) is 1.84. The van der Waals surface area contributed by atoms with E-state index in [1.165, 1.54) is 6.20 Å². The molecule has 1 aromatic rings. The van der Waals surface area contributed by atoms with Crippen molar-refractivity contribution in [3.63, 3.8) is 0 Å². The molecule has 4 nitrogen and oxygen atoms in total. The van der Waals surface area contributed by atoms with Gasteiger partial charge in [-0.15, -0.1) is 0 Å². The van der Waals surface area contributed by atoms with E-state index in [1.54, 1.807) is 4.90 Å². The van der Waals surface area contributed by atoms with Crippen LogP contribution in [0, 0.1) is 11.3 Å². The summed E-state index contributed by atoms with van der Waals surface area (Å²) in [7, 11) is 3.65. The molecule has 1 aromatic heterocycles. The number of nitrogens with zero attached hydrogens (tertiary/aromatic N) is 4. The highest BCUT2D eigenvalue weighted by Gasteiger charge is 2.04. The molecule has 0 fully saturated rings. The molecule has 0 aliphatic carbocycles. The molecule has 1 heterocycles. The summed E-state index contributed by atoms with van der Waals surface area (Å²) >= 11 is 5.65. The smallest absolute Gasteiger partial charge is 0.178 e. The van der Waals surface area contributed by atoms with Crippen molar-refractivity contribution in [3.05, 3.63) is 17.0 Å². The Balaban J connectivity index is 3.12. The zero-order valence-corrected chi connectivity index (χ0v) is 7.50. The first-order valence-corrected chi connectivity index (χ1v) is 3.63. The lowest BCUT2D eigenvalue weighted by Crippen LogP contribution is -2.11. The van der Waals surface area contributed by atoms with Crippen LogP contribution in [-0.2, 0) is 0 Å². The summed E-state index contributed by atoms with van der Waals surface area (Å²) < 4.78 is 0. The zero-order valence-electron chi connectivity index (χ0n) is 6.74. The monoisotopic (exact) mass is 182 g/mol. The minimum atomic E-state index is 0.142. The fourth-order valence-electron chi connectivity index (χ4n) is 0.648. The van der Waals surface area contributed by atoms with E-state index >= 15 is 0 Å². The fourth-order valence-corrected chi connectivity index (χ4v) is 0.826. The summed E-state index contributed by atoms with van der Waals surface area (Å²) in [5, 5.41) is 8.64. The van der Waals surface area contributed by atoms with Crippen LogP contribution >= 0.6 is 11.6 Å². The lowest BCUT2D eigenvalue weighted by Gasteiger charge is -2.09. The molecule has 0 aliphatic heterocycles. The molecule has 0 unspecified atom stereocenters. The molecule has 0 radical (unpaired) electrons. The summed E-state index contributed by atoms with van der Waals surface area (Å²) in [6.45, 7) is 0. The highest BCUT2D eigenvalue weighted by atomic mass is 35.5. The van der Waals surface area contributed by atoms with E-state index in [0.29, 0.717) is 5.82 Å². The summed E-state index contributed by atoms with van der Waals surface area (Å²) in [4.78, 5) is 9.53. The van der Waals surface area contributed by atoms with Crippen molar-refractivity contribution in [2.75, 3.05) is 19.0 Å². The van der Waals surface area contributed by atoms with Gasteiger partial charge in [0.15, 0.2) is 10.8 Å². The zero-order chi connectivity index (χ0) is 9.14. The molecule has 0 amide bonds. The van der Waals surface area contributed by atoms with E-state index in [-0.39, 0.29) is 10.8 Å². The van der Waals surface area contributed by atoms with Crippen molar-refractivity contribution in [2.45, 2.75) is 0 Å². The number of rotatable bonds is 1. The van der Waals surface area contributed by atoms with Gasteiger partial charge < -0.3 is 4.90 Å². The van der Waals surface area contributed by atoms with Crippen LogP contribution in [0.15, 0.2) is 6.20 Å². The Morgan fingerprint density at radius 3 is 2.67 bits per heavy atom. The third-order valence-corrected chi connectivity index (χ3v) is 1.54. The maximum atomic E-state index is 8.50. The van der Waals surface area contributed by atoms with Gasteiger partial charge in [0.2, 0.25) is 0 Å². The minimum Gasteiger partial charge on any atom is -0.361 e. The molecule has 0 saturated carbocycles. The Kier molecular flexibility index (Phi) is 2.46. The van der Waals surface area contributed by atoms with E-state index in [4.69, 9.17) is 16.9 Å². The van der Waals surface area contributed by atoms with E-state index in [1.807, 2.05) is 20.2 Å². The molecule has 0 spiro atoms. The molecule has 5 heteroatoms. The van der Waals surface area contributed by atoms with Crippen LogP contribution in [0.5, 0.6) is 0 Å². The predicted octanol–water partition coefficient (Wildman–Crippen LogP) is 1.07. The van der Waals surface area contributed by atoms with Crippen molar-refractivity contribution < 1.29 is 0 Å². The van der Waals surface area contributed by atoms with Crippen LogP contribution in [0.1, 0.15) is 5.69 Å². The first-order chi connectivity index (χ1) is 5.65. The number of hydrogen-bond acceptors (Lipinski definition) is 4. The van der Waals surface area contributed by atoms with Gasteiger partial charge in [0, 0.05) is 14.1 Å². The molecule has 0 saturated heterocycles. The number of anilines is 1. The molecule has 12 heavy (non-hydrogen) atoms. The van der Waals surface area contributed by atoms with E-state index < -0.39 is 0 Å². The maximum Gasteiger partial charge on any atom is 0.178 e. The predicted molar refractivity (Wildman–Crippen MR) is 46.1 cm³/mol. The van der Waals surface area contributed by atoms with Crippen molar-refractivity contribution in [3.8, 4) is 6.07 Å². The van der Waals surface area contributed by atoms with Gasteiger partial charge in [-0.1, -0.05) is 11.6 Å². The van der Waals surface area contributed by atoms with Crippen LogP contribution < -0.4 is 4.90 Å². The van der Waals surface area contributed by atoms with Crippen LogP contribution in [0.2, 0.25) is 5.15 Å². The summed E-state index contributed by atoms with van der Waals surface area (Å²) in [6.07, 6.45) is 1.50. The highest BCUT2D eigenvalue weighted by molar-refractivity contribution is 6.30. The Labute approximate surface area is 75.4 Å². The van der Waals surface area contributed by atoms with Crippen molar-refractivity contribution in [1.29, 1.82) is 5.26 Å². The third kappa shape index (κ3) is 1.63. The Morgan fingerprint density at radius 1 is 1.58 bits per heavy atom. The highest BCUT2D eigenvalue weighted by Crippen LogP contribution is 2.13. The molecule has 0 aliphatic rings. The molecule has 62 valence electrons. The number of nitriles is 1. The van der Waals surface area contributed by atoms with Crippen molar-refractivity contribution in [1.82, 2.24) is 9.97 Å². The van der Waals surface area contributed by atoms with Gasteiger partial charge in [0.1, 0.15) is 11.9 Å². The molecule has 0 N–H and O–H groups in total. The second-order valence-corrected chi connectivity index (χ2v) is 2.73. The normalized spacial score (nSPS) is 9.17. The van der Waals surface area contributed by atoms with E-state index in [0.717, 1.165) is 0 Å². The van der Waals surface area contributed by atoms with Gasteiger partial charge in [0.05, 0.1) is 6.20 Å². The van der Waals surface area contributed by atoms with Crippen LogP contribution in [0.4, 0.5) is 5.82 Å². The summed E-state index contributed by atoms with van der Waals surface area (Å²) in [5.41, 5.74) is 0.155. The quantitative estimate of drug-likeness (QED) is 0.652. The minimum absolute atomic E-state index is 0.142. The lowest BCUT2D eigenvalue weighted by atomic mass is 10.5. The maximum absolute atomic E-state index is 8.50.